The molecular formula is C14H13ClN2O3S. The maximum absolute atomic E-state index is 11.7. The van der Waals surface area contributed by atoms with E-state index in [9.17, 15) is 4.79 Å². The third-order valence-corrected chi connectivity index (χ3v) is 3.81. The minimum absolute atomic E-state index is 0.266. The summed E-state index contributed by atoms with van der Waals surface area (Å²) in [6.45, 7) is 0. The third-order valence-electron chi connectivity index (χ3n) is 2.62. The standard InChI is InChI=1S/C14H13ClN2O3S/c1-19-11-6-9(10(15)7-12(11)20-2)8-16-17-14(18)13-4-3-5-21-13/h3-8H,1-2H3,(H,17,18)/b16-8+. The van der Waals surface area contributed by atoms with Gasteiger partial charge in [-0.2, -0.15) is 5.10 Å². The second-order valence-electron chi connectivity index (χ2n) is 3.91. The van der Waals surface area contributed by atoms with Crippen LogP contribution in [0.15, 0.2) is 34.7 Å². The van der Waals surface area contributed by atoms with Crippen LogP contribution in [0, 0.1) is 0 Å². The van der Waals surface area contributed by atoms with Gasteiger partial charge < -0.3 is 9.47 Å². The van der Waals surface area contributed by atoms with Crippen LogP contribution in [0.1, 0.15) is 15.2 Å². The molecule has 0 atom stereocenters. The molecular weight excluding hydrogens is 312 g/mol. The molecule has 1 amide bonds. The van der Waals surface area contributed by atoms with Crippen molar-refractivity contribution in [1.29, 1.82) is 0 Å². The molecule has 0 aliphatic heterocycles. The van der Waals surface area contributed by atoms with E-state index in [1.54, 1.807) is 24.3 Å². The van der Waals surface area contributed by atoms with Gasteiger partial charge in [0.2, 0.25) is 0 Å². The summed E-state index contributed by atoms with van der Waals surface area (Å²) < 4.78 is 10.3. The molecule has 0 bridgehead atoms. The Morgan fingerprint density at radius 1 is 1.33 bits per heavy atom. The van der Waals surface area contributed by atoms with Crippen LogP contribution in [0.25, 0.3) is 0 Å². The van der Waals surface area contributed by atoms with Crippen LogP contribution in [0.4, 0.5) is 0 Å². The Balaban J connectivity index is 2.12. The first kappa shape index (κ1) is 15.3. The van der Waals surface area contributed by atoms with Crippen LogP contribution in [0.3, 0.4) is 0 Å². The second kappa shape index (κ2) is 7.10. The molecule has 1 aromatic carbocycles. The van der Waals surface area contributed by atoms with Crippen molar-refractivity contribution in [2.45, 2.75) is 0 Å². The van der Waals surface area contributed by atoms with E-state index < -0.39 is 0 Å². The summed E-state index contributed by atoms with van der Waals surface area (Å²) >= 11 is 7.46. The Morgan fingerprint density at radius 2 is 2.05 bits per heavy atom. The lowest BCUT2D eigenvalue weighted by molar-refractivity contribution is 0.0959. The van der Waals surface area contributed by atoms with E-state index in [2.05, 4.69) is 10.5 Å². The first-order valence-corrected chi connectivity index (χ1v) is 7.20. The lowest BCUT2D eigenvalue weighted by Gasteiger charge is -2.09. The molecule has 0 aliphatic rings. The number of nitrogens with zero attached hydrogens (tertiary/aromatic N) is 1. The number of thiophene rings is 1. The van der Waals surface area contributed by atoms with Gasteiger partial charge in [-0.15, -0.1) is 11.3 Å². The lowest BCUT2D eigenvalue weighted by Crippen LogP contribution is -2.16. The predicted molar refractivity (Wildman–Crippen MR) is 83.9 cm³/mol. The number of rotatable bonds is 5. The number of nitrogens with one attached hydrogen (secondary N) is 1. The number of carbonyl (C=O) groups excluding carboxylic acids is 1. The highest BCUT2D eigenvalue weighted by Gasteiger charge is 2.09. The second-order valence-corrected chi connectivity index (χ2v) is 5.26. The molecule has 0 fully saturated rings. The number of carbonyl (C=O) groups is 1. The first-order valence-electron chi connectivity index (χ1n) is 5.94. The van der Waals surface area contributed by atoms with Gasteiger partial charge in [-0.25, -0.2) is 5.43 Å². The van der Waals surface area contributed by atoms with Gasteiger partial charge in [0.1, 0.15) is 0 Å². The summed E-state index contributed by atoms with van der Waals surface area (Å²) in [7, 11) is 3.06. The lowest BCUT2D eigenvalue weighted by atomic mass is 10.2. The average Bonchev–Trinajstić information content (AvgIpc) is 3.02. The van der Waals surface area contributed by atoms with E-state index in [0.29, 0.717) is 27.0 Å². The highest BCUT2D eigenvalue weighted by atomic mass is 35.5. The normalized spacial score (nSPS) is 10.6. The minimum atomic E-state index is -0.266. The Kier molecular flexibility index (Phi) is 5.19. The van der Waals surface area contributed by atoms with Crippen molar-refractivity contribution in [3.05, 3.63) is 45.1 Å². The molecule has 7 heteroatoms. The Bertz CT molecular complexity index is 656. The topological polar surface area (TPSA) is 59.9 Å². The predicted octanol–water partition coefficient (Wildman–Crippen LogP) is 3.18. The van der Waals surface area contributed by atoms with Crippen molar-refractivity contribution < 1.29 is 14.3 Å². The van der Waals surface area contributed by atoms with Gasteiger partial charge in [-0.1, -0.05) is 17.7 Å². The number of hydrogen-bond acceptors (Lipinski definition) is 5. The molecule has 1 N–H and O–H groups in total. The van der Waals surface area contributed by atoms with Crippen LogP contribution in [-0.4, -0.2) is 26.3 Å². The van der Waals surface area contributed by atoms with Crippen molar-refractivity contribution in [2.24, 2.45) is 5.10 Å². The van der Waals surface area contributed by atoms with E-state index in [0.717, 1.165) is 0 Å². The summed E-state index contributed by atoms with van der Waals surface area (Å²) in [5, 5.41) is 6.16. The SMILES string of the molecule is COc1cc(Cl)c(/C=N/NC(=O)c2cccs2)cc1OC. The number of hydrazone groups is 1. The van der Waals surface area contributed by atoms with E-state index in [4.69, 9.17) is 21.1 Å². The highest BCUT2D eigenvalue weighted by molar-refractivity contribution is 7.12. The molecule has 0 radical (unpaired) electrons. The van der Waals surface area contributed by atoms with Crippen LogP contribution in [0.2, 0.25) is 5.02 Å². The minimum Gasteiger partial charge on any atom is -0.493 e. The van der Waals surface area contributed by atoms with Crippen LogP contribution in [-0.2, 0) is 0 Å². The summed E-state index contributed by atoms with van der Waals surface area (Å²) in [6.07, 6.45) is 1.45. The van der Waals surface area contributed by atoms with Gasteiger partial charge in [0, 0.05) is 11.6 Å². The average molecular weight is 325 g/mol. The summed E-state index contributed by atoms with van der Waals surface area (Å²) in [5.74, 6) is 0.799. The van der Waals surface area contributed by atoms with E-state index in [-0.39, 0.29) is 5.91 Å². The van der Waals surface area contributed by atoms with E-state index in [1.165, 1.54) is 31.8 Å². The van der Waals surface area contributed by atoms with Crippen molar-refractivity contribution >= 4 is 35.1 Å². The fourth-order valence-electron chi connectivity index (χ4n) is 1.59. The molecule has 110 valence electrons. The molecule has 0 unspecified atom stereocenters. The molecule has 2 rings (SSSR count). The van der Waals surface area contributed by atoms with Crippen molar-refractivity contribution in [3.63, 3.8) is 0 Å². The number of ether oxygens (including phenoxy) is 2. The number of methoxy groups -OCH3 is 2. The van der Waals surface area contributed by atoms with Gasteiger partial charge in [0.15, 0.2) is 11.5 Å². The van der Waals surface area contributed by atoms with E-state index in [1.807, 2.05) is 5.38 Å². The zero-order valence-electron chi connectivity index (χ0n) is 11.4. The van der Waals surface area contributed by atoms with Gasteiger partial charge in [-0.3, -0.25) is 4.79 Å². The molecule has 21 heavy (non-hydrogen) atoms. The van der Waals surface area contributed by atoms with Crippen LogP contribution < -0.4 is 14.9 Å². The highest BCUT2D eigenvalue weighted by Crippen LogP contribution is 2.32. The zero-order chi connectivity index (χ0) is 15.2. The van der Waals surface area contributed by atoms with Gasteiger partial charge in [-0.05, 0) is 17.5 Å². The Hall–Kier alpha value is -2.05. The fourth-order valence-corrected chi connectivity index (χ4v) is 2.41. The largest absolute Gasteiger partial charge is 0.493 e. The molecule has 1 heterocycles. The third kappa shape index (κ3) is 3.74. The molecule has 1 aromatic heterocycles. The van der Waals surface area contributed by atoms with Crippen molar-refractivity contribution in [1.82, 2.24) is 5.43 Å². The number of amides is 1. The zero-order valence-corrected chi connectivity index (χ0v) is 13.0. The maximum Gasteiger partial charge on any atom is 0.281 e. The Labute approximate surface area is 131 Å². The summed E-state index contributed by atoms with van der Waals surface area (Å²) in [4.78, 5) is 12.3. The van der Waals surface area contributed by atoms with E-state index >= 15 is 0 Å². The summed E-state index contributed by atoms with van der Waals surface area (Å²) in [5.41, 5.74) is 3.05. The molecule has 0 aliphatic carbocycles. The maximum atomic E-state index is 11.7. The smallest absolute Gasteiger partial charge is 0.281 e. The van der Waals surface area contributed by atoms with Gasteiger partial charge in [0.05, 0.1) is 30.3 Å². The van der Waals surface area contributed by atoms with Crippen LogP contribution in [0.5, 0.6) is 11.5 Å². The Morgan fingerprint density at radius 3 is 2.67 bits per heavy atom. The molecule has 2 aromatic rings. The van der Waals surface area contributed by atoms with Crippen LogP contribution >= 0.6 is 22.9 Å². The molecule has 0 saturated carbocycles. The fraction of sp³-hybridized carbons (Fsp3) is 0.143. The number of halogens is 1. The molecule has 0 saturated heterocycles. The van der Waals surface area contributed by atoms with Gasteiger partial charge in [0.25, 0.3) is 5.91 Å². The monoisotopic (exact) mass is 324 g/mol. The van der Waals surface area contributed by atoms with Gasteiger partial charge >= 0.3 is 0 Å². The summed E-state index contributed by atoms with van der Waals surface area (Å²) in [6, 6.07) is 6.83. The number of hydrogen-bond donors (Lipinski definition) is 1. The van der Waals surface area contributed by atoms with Crippen molar-refractivity contribution in [2.75, 3.05) is 14.2 Å². The first-order chi connectivity index (χ1) is 10.2. The molecule has 5 nitrogen and oxygen atoms in total. The molecule has 0 spiro atoms. The number of benzene rings is 1. The van der Waals surface area contributed by atoms with Crippen molar-refractivity contribution in [3.8, 4) is 11.5 Å². The quantitative estimate of drug-likeness (QED) is 0.678.